The molecule has 2 amide bonds. The van der Waals surface area contributed by atoms with Crippen LogP contribution in [0.4, 0.5) is 4.79 Å². The van der Waals surface area contributed by atoms with Gasteiger partial charge in [-0.25, -0.2) is 4.79 Å². The summed E-state index contributed by atoms with van der Waals surface area (Å²) < 4.78 is 10.7. The van der Waals surface area contributed by atoms with Crippen molar-refractivity contribution < 1.29 is 14.3 Å². The summed E-state index contributed by atoms with van der Waals surface area (Å²) >= 11 is 0. The number of carbonyl (C=O) groups is 1. The molecular formula is C23H27ClN2O3. The highest BCUT2D eigenvalue weighted by atomic mass is 35.5. The van der Waals surface area contributed by atoms with Crippen molar-refractivity contribution in [2.75, 3.05) is 20.8 Å². The maximum Gasteiger partial charge on any atom is 0.315 e. The zero-order valence-corrected chi connectivity index (χ0v) is 17.7. The third-order valence-electron chi connectivity index (χ3n) is 4.81. The van der Waals surface area contributed by atoms with Gasteiger partial charge in [-0.1, -0.05) is 42.5 Å². The molecule has 3 aromatic rings. The minimum Gasteiger partial charge on any atom is -0.497 e. The van der Waals surface area contributed by atoms with Crippen molar-refractivity contribution in [1.82, 2.24) is 10.6 Å². The largest absolute Gasteiger partial charge is 0.497 e. The van der Waals surface area contributed by atoms with Crippen LogP contribution >= 0.6 is 12.4 Å². The molecule has 3 aromatic carbocycles. The second-order valence-electron chi connectivity index (χ2n) is 6.62. The predicted molar refractivity (Wildman–Crippen MR) is 119 cm³/mol. The molecule has 2 N–H and O–H groups in total. The van der Waals surface area contributed by atoms with Gasteiger partial charge in [-0.3, -0.25) is 0 Å². The fourth-order valence-corrected chi connectivity index (χ4v) is 3.32. The highest BCUT2D eigenvalue weighted by Gasteiger charge is 2.15. The lowest BCUT2D eigenvalue weighted by Gasteiger charge is -2.18. The zero-order valence-electron chi connectivity index (χ0n) is 16.9. The fourth-order valence-electron chi connectivity index (χ4n) is 3.32. The van der Waals surface area contributed by atoms with E-state index in [9.17, 15) is 4.79 Å². The van der Waals surface area contributed by atoms with Crippen molar-refractivity contribution in [2.24, 2.45) is 0 Å². The van der Waals surface area contributed by atoms with Crippen LogP contribution in [-0.4, -0.2) is 26.8 Å². The number of methoxy groups -OCH3 is 2. The van der Waals surface area contributed by atoms with E-state index in [1.807, 2.05) is 37.3 Å². The van der Waals surface area contributed by atoms with Gasteiger partial charge in [0.2, 0.25) is 0 Å². The number of fused-ring (bicyclic) bond motifs is 1. The molecule has 29 heavy (non-hydrogen) atoms. The standard InChI is InChI=1S/C23H26N2O3.ClH/c1-16(21-15-19(27-2)11-12-22(21)28-3)25-23(26)24-14-13-18-9-6-8-17-7-4-5-10-20(17)18;/h4-12,15-16H,13-14H2,1-3H3,(H2,24,25,26);1H. The van der Waals surface area contributed by atoms with Crippen LogP contribution in [0, 0.1) is 0 Å². The van der Waals surface area contributed by atoms with E-state index < -0.39 is 0 Å². The minimum absolute atomic E-state index is 0. The summed E-state index contributed by atoms with van der Waals surface area (Å²) in [4.78, 5) is 12.3. The van der Waals surface area contributed by atoms with Gasteiger partial charge >= 0.3 is 6.03 Å². The predicted octanol–water partition coefficient (Wildman–Crippen LogP) is 4.88. The van der Waals surface area contributed by atoms with Crippen LogP contribution in [0.2, 0.25) is 0 Å². The summed E-state index contributed by atoms with van der Waals surface area (Å²) in [5.41, 5.74) is 2.09. The number of benzene rings is 3. The number of rotatable bonds is 7. The number of nitrogens with one attached hydrogen (secondary N) is 2. The third-order valence-corrected chi connectivity index (χ3v) is 4.81. The first-order valence-electron chi connectivity index (χ1n) is 9.35. The van der Waals surface area contributed by atoms with E-state index in [4.69, 9.17) is 9.47 Å². The fraction of sp³-hybridized carbons (Fsp3) is 0.261. The molecule has 0 aromatic heterocycles. The van der Waals surface area contributed by atoms with Gasteiger partial charge in [0.05, 0.1) is 20.3 Å². The van der Waals surface area contributed by atoms with Gasteiger partial charge in [0.15, 0.2) is 0 Å². The maximum absolute atomic E-state index is 12.3. The Kier molecular flexibility index (Phi) is 8.16. The molecule has 0 aliphatic carbocycles. The molecule has 0 bridgehead atoms. The van der Waals surface area contributed by atoms with Crippen LogP contribution in [0.1, 0.15) is 24.1 Å². The first-order chi connectivity index (χ1) is 13.6. The van der Waals surface area contributed by atoms with Crippen molar-refractivity contribution in [2.45, 2.75) is 19.4 Å². The topological polar surface area (TPSA) is 59.6 Å². The summed E-state index contributed by atoms with van der Waals surface area (Å²) in [7, 11) is 3.23. The molecule has 0 saturated carbocycles. The van der Waals surface area contributed by atoms with Crippen molar-refractivity contribution in [1.29, 1.82) is 0 Å². The van der Waals surface area contributed by atoms with E-state index in [0.29, 0.717) is 12.3 Å². The maximum atomic E-state index is 12.3. The van der Waals surface area contributed by atoms with Gasteiger partial charge in [-0.15, -0.1) is 12.4 Å². The summed E-state index contributed by atoms with van der Waals surface area (Å²) in [5, 5.41) is 8.34. The Bertz CT molecular complexity index is 957. The summed E-state index contributed by atoms with van der Waals surface area (Å²) in [5.74, 6) is 1.44. The molecule has 0 aliphatic heterocycles. The second-order valence-corrected chi connectivity index (χ2v) is 6.62. The van der Waals surface area contributed by atoms with E-state index in [2.05, 4.69) is 41.0 Å². The molecule has 154 valence electrons. The number of amides is 2. The lowest BCUT2D eigenvalue weighted by molar-refractivity contribution is 0.238. The van der Waals surface area contributed by atoms with Crippen LogP contribution < -0.4 is 20.1 Å². The molecule has 6 heteroatoms. The summed E-state index contributed by atoms with van der Waals surface area (Å²) in [6.07, 6.45) is 0.769. The van der Waals surface area contributed by atoms with Gasteiger partial charge in [-0.05, 0) is 47.9 Å². The van der Waals surface area contributed by atoms with Crippen LogP contribution in [0.5, 0.6) is 11.5 Å². The van der Waals surface area contributed by atoms with E-state index in [1.165, 1.54) is 16.3 Å². The first kappa shape index (κ1) is 22.4. The lowest BCUT2D eigenvalue weighted by atomic mass is 10.0. The lowest BCUT2D eigenvalue weighted by Crippen LogP contribution is -2.38. The Balaban J connectivity index is 0.00000300. The molecule has 0 radical (unpaired) electrons. The highest BCUT2D eigenvalue weighted by molar-refractivity contribution is 5.86. The SMILES string of the molecule is COc1ccc(OC)c(C(C)NC(=O)NCCc2cccc3ccccc23)c1.Cl. The van der Waals surface area contributed by atoms with E-state index in [0.717, 1.165) is 17.7 Å². The minimum atomic E-state index is -0.220. The monoisotopic (exact) mass is 414 g/mol. The molecule has 0 saturated heterocycles. The van der Waals surface area contributed by atoms with Gasteiger partial charge in [-0.2, -0.15) is 0 Å². The van der Waals surface area contributed by atoms with Crippen molar-refractivity contribution in [3.63, 3.8) is 0 Å². The average molecular weight is 415 g/mol. The molecule has 3 rings (SSSR count). The number of ether oxygens (including phenoxy) is 2. The summed E-state index contributed by atoms with van der Waals surface area (Å²) in [6.45, 7) is 2.48. The molecular weight excluding hydrogens is 388 g/mol. The molecule has 0 fully saturated rings. The number of hydrogen-bond acceptors (Lipinski definition) is 3. The molecule has 1 unspecified atom stereocenters. The number of hydrogen-bond donors (Lipinski definition) is 2. The Hall–Kier alpha value is -2.92. The highest BCUT2D eigenvalue weighted by Crippen LogP contribution is 2.29. The Morgan fingerprint density at radius 2 is 1.76 bits per heavy atom. The van der Waals surface area contributed by atoms with Crippen molar-refractivity contribution in [3.05, 3.63) is 71.8 Å². The zero-order chi connectivity index (χ0) is 19.9. The average Bonchev–Trinajstić information content (AvgIpc) is 2.73. The Labute approximate surface area is 177 Å². The van der Waals surface area contributed by atoms with E-state index >= 15 is 0 Å². The molecule has 1 atom stereocenters. The van der Waals surface area contributed by atoms with Crippen LogP contribution in [0.25, 0.3) is 10.8 Å². The van der Waals surface area contributed by atoms with Gasteiger partial charge in [0.25, 0.3) is 0 Å². The smallest absolute Gasteiger partial charge is 0.315 e. The van der Waals surface area contributed by atoms with Crippen molar-refractivity contribution in [3.8, 4) is 11.5 Å². The van der Waals surface area contributed by atoms with Gasteiger partial charge in [0.1, 0.15) is 11.5 Å². The molecule has 0 spiro atoms. The number of urea groups is 1. The summed E-state index contributed by atoms with van der Waals surface area (Å²) in [6, 6.07) is 19.7. The first-order valence-corrected chi connectivity index (χ1v) is 9.35. The quantitative estimate of drug-likeness (QED) is 0.579. The molecule has 0 heterocycles. The van der Waals surface area contributed by atoms with Gasteiger partial charge < -0.3 is 20.1 Å². The van der Waals surface area contributed by atoms with Crippen molar-refractivity contribution >= 4 is 29.2 Å². The second kappa shape index (κ2) is 10.6. The van der Waals surface area contributed by atoms with E-state index in [-0.39, 0.29) is 24.5 Å². The van der Waals surface area contributed by atoms with Gasteiger partial charge in [0, 0.05) is 12.1 Å². The van der Waals surface area contributed by atoms with E-state index in [1.54, 1.807) is 14.2 Å². The molecule has 5 nitrogen and oxygen atoms in total. The molecule has 0 aliphatic rings. The number of carbonyl (C=O) groups excluding carboxylic acids is 1. The Morgan fingerprint density at radius 3 is 2.52 bits per heavy atom. The third kappa shape index (κ3) is 5.55. The number of halogens is 1. The Morgan fingerprint density at radius 1 is 1.00 bits per heavy atom. The van der Waals surface area contributed by atoms with Crippen LogP contribution in [-0.2, 0) is 6.42 Å². The van der Waals surface area contributed by atoms with Crippen LogP contribution in [0.15, 0.2) is 60.7 Å². The normalized spacial score (nSPS) is 11.3. The van der Waals surface area contributed by atoms with Crippen LogP contribution in [0.3, 0.4) is 0 Å².